The largest absolute Gasteiger partial charge is 0.330 e. The second-order valence-electron chi connectivity index (χ2n) is 2.98. The normalized spacial score (nSPS) is 26.7. The Kier molecular flexibility index (Phi) is 2.69. The predicted octanol–water partition coefficient (Wildman–Crippen LogP) is 2.22. The average Bonchev–Trinajstić information content (AvgIpc) is 2.59. The number of alkyl halides is 2. The van der Waals surface area contributed by atoms with Crippen molar-refractivity contribution in [3.8, 4) is 0 Å². The fraction of sp³-hybridized carbons (Fsp3) is 0.625. The van der Waals surface area contributed by atoms with Gasteiger partial charge in [0.15, 0.2) is 0 Å². The van der Waals surface area contributed by atoms with Gasteiger partial charge < -0.3 is 5.32 Å². The van der Waals surface area contributed by atoms with Crippen molar-refractivity contribution in [2.45, 2.75) is 24.6 Å². The second kappa shape index (κ2) is 3.27. The van der Waals surface area contributed by atoms with E-state index in [-0.39, 0.29) is 11.8 Å². The highest BCUT2D eigenvalue weighted by Gasteiger charge is 2.56. The highest BCUT2D eigenvalue weighted by Crippen LogP contribution is 2.53. The Bertz CT molecular complexity index is 235. The van der Waals surface area contributed by atoms with Crippen molar-refractivity contribution in [3.05, 3.63) is 11.8 Å². The van der Waals surface area contributed by atoms with Crippen molar-refractivity contribution in [2.24, 2.45) is 5.92 Å². The van der Waals surface area contributed by atoms with Gasteiger partial charge in [-0.1, -0.05) is 6.08 Å². The minimum Gasteiger partial charge on any atom is -0.330 e. The highest BCUT2D eigenvalue weighted by atomic mass is 35.5. The quantitative estimate of drug-likeness (QED) is 0.692. The van der Waals surface area contributed by atoms with E-state index in [1.54, 1.807) is 0 Å². The smallest absolute Gasteiger partial charge is 0.230 e. The summed E-state index contributed by atoms with van der Waals surface area (Å²) in [6.07, 6.45) is 2.38. The number of rotatable bonds is 2. The molecule has 68 valence electrons. The van der Waals surface area contributed by atoms with Crippen LogP contribution in [-0.4, -0.2) is 10.2 Å². The molecule has 0 aromatic rings. The van der Waals surface area contributed by atoms with Crippen LogP contribution >= 0.6 is 23.2 Å². The molecular weight excluding hydrogens is 197 g/mol. The molecule has 12 heavy (non-hydrogen) atoms. The summed E-state index contributed by atoms with van der Waals surface area (Å²) in [6.45, 7) is 3.68. The van der Waals surface area contributed by atoms with E-state index in [1.165, 1.54) is 0 Å². The fourth-order valence-electron chi connectivity index (χ4n) is 0.851. The van der Waals surface area contributed by atoms with E-state index in [4.69, 9.17) is 23.2 Å². The van der Waals surface area contributed by atoms with Gasteiger partial charge in [0.2, 0.25) is 5.91 Å². The van der Waals surface area contributed by atoms with Crippen LogP contribution in [0.4, 0.5) is 0 Å². The van der Waals surface area contributed by atoms with Crippen molar-refractivity contribution in [1.82, 2.24) is 5.32 Å². The number of carbonyl (C=O) groups excluding carboxylic acids is 1. The van der Waals surface area contributed by atoms with Crippen molar-refractivity contribution < 1.29 is 4.79 Å². The Hall–Kier alpha value is -0.210. The van der Waals surface area contributed by atoms with Gasteiger partial charge in [0, 0.05) is 5.70 Å². The van der Waals surface area contributed by atoms with Crippen molar-refractivity contribution in [1.29, 1.82) is 0 Å². The highest BCUT2D eigenvalue weighted by molar-refractivity contribution is 6.52. The second-order valence-corrected chi connectivity index (χ2v) is 4.52. The molecule has 0 bridgehead atoms. The third-order valence-corrected chi connectivity index (χ3v) is 2.73. The summed E-state index contributed by atoms with van der Waals surface area (Å²) in [7, 11) is 0. The molecular formula is C8H11Cl2NO. The molecule has 1 fully saturated rings. The minimum absolute atomic E-state index is 0.0874. The van der Waals surface area contributed by atoms with Crippen LogP contribution in [0.2, 0.25) is 0 Å². The van der Waals surface area contributed by atoms with Gasteiger partial charge in [-0.15, -0.1) is 23.2 Å². The Labute approximate surface area is 81.9 Å². The van der Waals surface area contributed by atoms with Gasteiger partial charge in [0.1, 0.15) is 4.33 Å². The first-order valence-corrected chi connectivity index (χ1v) is 4.54. The Morgan fingerprint density at radius 1 is 1.67 bits per heavy atom. The van der Waals surface area contributed by atoms with Crippen LogP contribution in [0.1, 0.15) is 20.3 Å². The zero-order chi connectivity index (χ0) is 9.35. The number of hydrogen-bond acceptors (Lipinski definition) is 1. The summed E-state index contributed by atoms with van der Waals surface area (Å²) < 4.78 is -0.821. The van der Waals surface area contributed by atoms with Crippen molar-refractivity contribution >= 4 is 29.1 Å². The van der Waals surface area contributed by atoms with Gasteiger partial charge in [-0.3, -0.25) is 4.79 Å². The monoisotopic (exact) mass is 207 g/mol. The molecule has 0 aromatic heterocycles. The molecule has 1 amide bonds. The first-order valence-electron chi connectivity index (χ1n) is 3.79. The first-order chi connectivity index (χ1) is 5.47. The van der Waals surface area contributed by atoms with E-state index >= 15 is 0 Å². The van der Waals surface area contributed by atoms with Gasteiger partial charge in [-0.25, -0.2) is 0 Å². The minimum atomic E-state index is -0.821. The maximum absolute atomic E-state index is 11.3. The maximum Gasteiger partial charge on any atom is 0.230 e. The molecule has 0 radical (unpaired) electrons. The third kappa shape index (κ3) is 2.14. The number of carbonyl (C=O) groups is 1. The lowest BCUT2D eigenvalue weighted by Gasteiger charge is -2.03. The van der Waals surface area contributed by atoms with Crippen LogP contribution in [0.5, 0.6) is 0 Å². The zero-order valence-electron chi connectivity index (χ0n) is 7.03. The molecule has 0 saturated heterocycles. The summed E-state index contributed by atoms with van der Waals surface area (Å²) in [5.74, 6) is -0.327. The van der Waals surface area contributed by atoms with Gasteiger partial charge >= 0.3 is 0 Å². The van der Waals surface area contributed by atoms with Crippen molar-refractivity contribution in [2.75, 3.05) is 0 Å². The lowest BCUT2D eigenvalue weighted by Crippen LogP contribution is -2.24. The molecule has 0 aromatic carbocycles. The van der Waals surface area contributed by atoms with Crippen LogP contribution < -0.4 is 5.32 Å². The molecule has 1 saturated carbocycles. The molecule has 2 nitrogen and oxygen atoms in total. The van der Waals surface area contributed by atoms with E-state index in [9.17, 15) is 4.79 Å². The summed E-state index contributed by atoms with van der Waals surface area (Å²) in [6, 6.07) is 0. The molecule has 1 rings (SSSR count). The topological polar surface area (TPSA) is 29.1 Å². The standard InChI is InChI=1S/C8H11Cl2NO/c1-3-5(2)11-7(12)6-4-8(6,9)10/h3,6H,4H2,1-2H3,(H,11,12)/b5-3-. The lowest BCUT2D eigenvalue weighted by atomic mass is 10.3. The molecule has 0 heterocycles. The summed E-state index contributed by atoms with van der Waals surface area (Å²) in [5.41, 5.74) is 0.830. The van der Waals surface area contributed by atoms with Crippen LogP contribution in [0, 0.1) is 5.92 Å². The van der Waals surface area contributed by atoms with E-state index < -0.39 is 4.33 Å². The van der Waals surface area contributed by atoms with E-state index in [1.807, 2.05) is 19.9 Å². The molecule has 0 spiro atoms. The maximum atomic E-state index is 11.3. The van der Waals surface area contributed by atoms with Crippen LogP contribution in [-0.2, 0) is 4.79 Å². The number of nitrogens with one attached hydrogen (secondary N) is 1. The van der Waals surface area contributed by atoms with Crippen LogP contribution in [0.15, 0.2) is 11.8 Å². The van der Waals surface area contributed by atoms with E-state index in [0.717, 1.165) is 5.70 Å². The lowest BCUT2D eigenvalue weighted by molar-refractivity contribution is -0.121. The SMILES string of the molecule is C/C=C(/C)NC(=O)C1CC1(Cl)Cl. The Balaban J connectivity index is 2.42. The fourth-order valence-corrected chi connectivity index (χ4v) is 1.36. The number of amides is 1. The van der Waals surface area contributed by atoms with Gasteiger partial charge in [-0.2, -0.15) is 0 Å². The summed E-state index contributed by atoms with van der Waals surface area (Å²) in [4.78, 5) is 11.3. The molecule has 0 aliphatic heterocycles. The van der Waals surface area contributed by atoms with Crippen LogP contribution in [0.3, 0.4) is 0 Å². The van der Waals surface area contributed by atoms with Gasteiger partial charge in [0.25, 0.3) is 0 Å². The number of hydrogen-bond donors (Lipinski definition) is 1. The summed E-state index contributed by atoms with van der Waals surface area (Å²) in [5, 5.41) is 2.70. The molecule has 1 aliphatic rings. The van der Waals surface area contributed by atoms with E-state index in [0.29, 0.717) is 6.42 Å². The van der Waals surface area contributed by atoms with Crippen molar-refractivity contribution in [3.63, 3.8) is 0 Å². The first kappa shape index (κ1) is 9.87. The predicted molar refractivity (Wildman–Crippen MR) is 50.1 cm³/mol. The number of allylic oxidation sites excluding steroid dienone is 2. The Morgan fingerprint density at radius 3 is 2.50 bits per heavy atom. The molecule has 1 unspecified atom stereocenters. The average molecular weight is 208 g/mol. The molecule has 1 N–H and O–H groups in total. The van der Waals surface area contributed by atoms with Gasteiger partial charge in [0.05, 0.1) is 5.92 Å². The molecule has 1 aliphatic carbocycles. The number of halogens is 2. The summed E-state index contributed by atoms with van der Waals surface area (Å²) >= 11 is 11.4. The third-order valence-electron chi connectivity index (χ3n) is 1.90. The van der Waals surface area contributed by atoms with Crippen LogP contribution in [0.25, 0.3) is 0 Å². The van der Waals surface area contributed by atoms with Gasteiger partial charge in [-0.05, 0) is 20.3 Å². The Morgan fingerprint density at radius 2 is 2.17 bits per heavy atom. The zero-order valence-corrected chi connectivity index (χ0v) is 8.54. The molecule has 1 atom stereocenters. The van der Waals surface area contributed by atoms with E-state index in [2.05, 4.69) is 5.32 Å². The molecule has 4 heteroatoms.